The van der Waals surface area contributed by atoms with E-state index in [1.165, 1.54) is 4.57 Å². The molecular formula is C28H22ClN5O2. The van der Waals surface area contributed by atoms with Crippen molar-refractivity contribution >= 4 is 22.5 Å². The van der Waals surface area contributed by atoms with Crippen LogP contribution < -0.4 is 11.2 Å². The smallest absolute Gasteiger partial charge is 0.330 e. The molecule has 0 aliphatic carbocycles. The summed E-state index contributed by atoms with van der Waals surface area (Å²) < 4.78 is 4.93. The Morgan fingerprint density at radius 1 is 0.944 bits per heavy atom. The second-order valence-electron chi connectivity index (χ2n) is 8.49. The first-order chi connectivity index (χ1) is 17.5. The summed E-state index contributed by atoms with van der Waals surface area (Å²) in [6.45, 7) is 1.08. The fourth-order valence-corrected chi connectivity index (χ4v) is 4.48. The van der Waals surface area contributed by atoms with E-state index < -0.39 is 0 Å². The molecule has 7 nitrogen and oxygen atoms in total. The monoisotopic (exact) mass is 495 g/mol. The van der Waals surface area contributed by atoms with Gasteiger partial charge in [-0.1, -0.05) is 35.9 Å². The van der Waals surface area contributed by atoms with E-state index in [1.807, 2.05) is 24.4 Å². The molecule has 2 heterocycles. The van der Waals surface area contributed by atoms with Crippen LogP contribution in [0.3, 0.4) is 0 Å². The number of nitriles is 1. The van der Waals surface area contributed by atoms with E-state index in [0.717, 1.165) is 11.3 Å². The van der Waals surface area contributed by atoms with Crippen LogP contribution in [0.2, 0.25) is 5.02 Å². The summed E-state index contributed by atoms with van der Waals surface area (Å²) in [5.74, 6) is 0. The molecule has 5 aromatic rings. The highest BCUT2D eigenvalue weighted by Gasteiger charge is 2.14. The van der Waals surface area contributed by atoms with E-state index in [0.29, 0.717) is 53.1 Å². The number of nitrogens with zero attached hydrogens (tertiary/aromatic N) is 5. The predicted octanol–water partition coefficient (Wildman–Crippen LogP) is 4.56. The van der Waals surface area contributed by atoms with Gasteiger partial charge < -0.3 is 4.57 Å². The lowest BCUT2D eigenvalue weighted by Crippen LogP contribution is -2.39. The van der Waals surface area contributed by atoms with Gasteiger partial charge in [-0.05, 0) is 66.9 Å². The lowest BCUT2D eigenvalue weighted by molar-refractivity contribution is 0.595. The molecule has 0 unspecified atom stereocenters. The number of aromatic nitrogens is 4. The largest absolute Gasteiger partial charge is 0.336 e. The summed E-state index contributed by atoms with van der Waals surface area (Å²) in [4.78, 5) is 31.0. The number of rotatable bonds is 7. The van der Waals surface area contributed by atoms with Crippen LogP contribution in [0.4, 0.5) is 0 Å². The number of aryl methyl sites for hydroxylation is 2. The minimum Gasteiger partial charge on any atom is -0.330 e. The highest BCUT2D eigenvalue weighted by Crippen LogP contribution is 2.15. The summed E-state index contributed by atoms with van der Waals surface area (Å²) in [7, 11) is 0. The van der Waals surface area contributed by atoms with Gasteiger partial charge in [0, 0.05) is 30.0 Å². The number of hydrogen-bond acceptors (Lipinski definition) is 4. The molecule has 0 N–H and O–H groups in total. The van der Waals surface area contributed by atoms with E-state index in [1.54, 1.807) is 65.5 Å². The van der Waals surface area contributed by atoms with Gasteiger partial charge in [0.15, 0.2) is 0 Å². The Labute approximate surface area is 212 Å². The van der Waals surface area contributed by atoms with Crippen molar-refractivity contribution in [1.29, 1.82) is 5.26 Å². The van der Waals surface area contributed by atoms with E-state index in [-0.39, 0.29) is 11.2 Å². The van der Waals surface area contributed by atoms with Crippen LogP contribution >= 0.6 is 11.6 Å². The van der Waals surface area contributed by atoms with Gasteiger partial charge in [0.25, 0.3) is 5.56 Å². The first kappa shape index (κ1) is 23.3. The summed E-state index contributed by atoms with van der Waals surface area (Å²) >= 11 is 6.01. The summed E-state index contributed by atoms with van der Waals surface area (Å²) in [6.07, 6.45) is 5.01. The molecule has 0 saturated carbocycles. The van der Waals surface area contributed by atoms with E-state index >= 15 is 0 Å². The highest BCUT2D eigenvalue weighted by atomic mass is 35.5. The van der Waals surface area contributed by atoms with Gasteiger partial charge in [0.1, 0.15) is 0 Å². The zero-order valence-corrected chi connectivity index (χ0v) is 20.1. The van der Waals surface area contributed by atoms with Crippen molar-refractivity contribution < 1.29 is 0 Å². The van der Waals surface area contributed by atoms with E-state index in [4.69, 9.17) is 16.9 Å². The van der Waals surface area contributed by atoms with Crippen molar-refractivity contribution in [2.45, 2.75) is 25.9 Å². The van der Waals surface area contributed by atoms with Crippen LogP contribution in [-0.2, 0) is 19.5 Å². The van der Waals surface area contributed by atoms with Gasteiger partial charge in [-0.2, -0.15) is 5.26 Å². The zero-order chi connectivity index (χ0) is 25.1. The first-order valence-corrected chi connectivity index (χ1v) is 11.9. The van der Waals surface area contributed by atoms with Crippen LogP contribution in [0, 0.1) is 11.3 Å². The molecule has 0 aliphatic heterocycles. The van der Waals surface area contributed by atoms with Crippen molar-refractivity contribution in [2.75, 3.05) is 0 Å². The quantitative estimate of drug-likeness (QED) is 0.331. The molecule has 0 fully saturated rings. The molecule has 0 spiro atoms. The molecule has 3 aromatic carbocycles. The third-order valence-electron chi connectivity index (χ3n) is 6.18. The Morgan fingerprint density at radius 3 is 2.44 bits per heavy atom. The maximum absolute atomic E-state index is 13.5. The summed E-state index contributed by atoms with van der Waals surface area (Å²) in [6, 6.07) is 23.5. The summed E-state index contributed by atoms with van der Waals surface area (Å²) in [5.41, 5.74) is 3.11. The Bertz CT molecular complexity index is 1690. The second-order valence-corrected chi connectivity index (χ2v) is 8.93. The molecule has 0 amide bonds. The van der Waals surface area contributed by atoms with Crippen molar-refractivity contribution in [3.8, 4) is 11.8 Å². The number of halogens is 1. The lowest BCUT2D eigenvalue weighted by Gasteiger charge is -2.15. The van der Waals surface area contributed by atoms with Crippen molar-refractivity contribution in [1.82, 2.24) is 18.7 Å². The molecule has 0 radical (unpaired) electrons. The predicted molar refractivity (Wildman–Crippen MR) is 140 cm³/mol. The Hall–Kier alpha value is -4.41. The standard InChI is InChI=1S/C28H22ClN5O2/c29-22-11-13-23(14-12-22)34-27(35)25-5-1-2-6-26(25)33(28(34)36)15-3-4-24-17-31-19-32(24)18-21-9-7-20(16-30)8-10-21/h1-2,5-14,17,19H,3-4,15,18H2. The first-order valence-electron chi connectivity index (χ1n) is 11.5. The van der Waals surface area contributed by atoms with Crippen LogP contribution in [-0.4, -0.2) is 18.7 Å². The Balaban J connectivity index is 1.42. The van der Waals surface area contributed by atoms with Crippen molar-refractivity contribution in [3.63, 3.8) is 0 Å². The highest BCUT2D eigenvalue weighted by molar-refractivity contribution is 6.30. The van der Waals surface area contributed by atoms with Gasteiger partial charge >= 0.3 is 5.69 Å². The molecule has 36 heavy (non-hydrogen) atoms. The van der Waals surface area contributed by atoms with Crippen LogP contribution in [0.1, 0.15) is 23.2 Å². The molecular weight excluding hydrogens is 474 g/mol. The molecule has 0 saturated heterocycles. The van der Waals surface area contributed by atoms with E-state index in [2.05, 4.69) is 15.6 Å². The maximum Gasteiger partial charge on any atom is 0.336 e. The van der Waals surface area contributed by atoms with Crippen molar-refractivity contribution in [3.05, 3.63) is 128 Å². The SMILES string of the molecule is N#Cc1ccc(Cn2cncc2CCCn2c(=O)n(-c3ccc(Cl)cc3)c(=O)c3ccccc32)cc1. The third-order valence-corrected chi connectivity index (χ3v) is 6.44. The van der Waals surface area contributed by atoms with Gasteiger partial charge in [-0.3, -0.25) is 9.36 Å². The third kappa shape index (κ3) is 4.59. The Kier molecular flexibility index (Phi) is 6.52. The van der Waals surface area contributed by atoms with Crippen LogP contribution in [0.15, 0.2) is 94.9 Å². The van der Waals surface area contributed by atoms with Crippen molar-refractivity contribution in [2.24, 2.45) is 0 Å². The number of benzene rings is 3. The zero-order valence-electron chi connectivity index (χ0n) is 19.3. The molecule has 8 heteroatoms. The normalized spacial score (nSPS) is 11.0. The molecule has 0 bridgehead atoms. The number of imidazole rings is 1. The lowest BCUT2D eigenvalue weighted by atomic mass is 10.1. The average molecular weight is 496 g/mol. The topological polar surface area (TPSA) is 85.6 Å². The molecule has 5 rings (SSSR count). The molecule has 0 atom stereocenters. The van der Waals surface area contributed by atoms with Gasteiger partial charge in [0.2, 0.25) is 0 Å². The van der Waals surface area contributed by atoms with Gasteiger partial charge in [-0.25, -0.2) is 14.3 Å². The minimum atomic E-state index is -0.382. The summed E-state index contributed by atoms with van der Waals surface area (Å²) in [5, 5.41) is 10.0. The second kappa shape index (κ2) is 10.1. The fourth-order valence-electron chi connectivity index (χ4n) is 4.35. The Morgan fingerprint density at radius 2 is 1.69 bits per heavy atom. The van der Waals surface area contributed by atoms with Gasteiger partial charge in [0.05, 0.1) is 34.6 Å². The number of para-hydroxylation sites is 1. The van der Waals surface area contributed by atoms with E-state index in [9.17, 15) is 9.59 Å². The van der Waals surface area contributed by atoms with Crippen LogP contribution in [0.5, 0.6) is 0 Å². The number of fused-ring (bicyclic) bond motifs is 1. The van der Waals surface area contributed by atoms with Crippen LogP contribution in [0.25, 0.3) is 16.6 Å². The number of hydrogen-bond donors (Lipinski definition) is 0. The maximum atomic E-state index is 13.5. The molecule has 2 aromatic heterocycles. The van der Waals surface area contributed by atoms with Gasteiger partial charge in [-0.15, -0.1) is 0 Å². The minimum absolute atomic E-state index is 0.352. The fraction of sp³-hybridized carbons (Fsp3) is 0.143. The molecule has 0 aliphatic rings. The average Bonchev–Trinajstić information content (AvgIpc) is 3.34. The molecule has 178 valence electrons.